The molecule has 0 radical (unpaired) electrons. The number of ether oxygens (including phenoxy) is 1. The molecule has 0 saturated heterocycles. The van der Waals surface area contributed by atoms with Crippen LogP contribution in [0.5, 0.6) is 0 Å². The summed E-state index contributed by atoms with van der Waals surface area (Å²) in [5.41, 5.74) is 0.639. The van der Waals surface area contributed by atoms with Crippen LogP contribution >= 0.6 is 0 Å². The van der Waals surface area contributed by atoms with Crippen molar-refractivity contribution >= 4 is 16.7 Å². The van der Waals surface area contributed by atoms with Crippen LogP contribution in [0.15, 0.2) is 42.5 Å². The van der Waals surface area contributed by atoms with Gasteiger partial charge in [0.15, 0.2) is 0 Å². The van der Waals surface area contributed by atoms with Gasteiger partial charge in [0.05, 0.1) is 12.2 Å². The molecule has 0 fully saturated rings. The highest BCUT2D eigenvalue weighted by Crippen LogP contribution is 2.18. The highest BCUT2D eigenvalue weighted by Gasteiger charge is 2.12. The lowest BCUT2D eigenvalue weighted by molar-refractivity contribution is 0.0425. The minimum Gasteiger partial charge on any atom is -0.462 e. The first-order valence-corrected chi connectivity index (χ1v) is 7.90. The largest absolute Gasteiger partial charge is 0.462 e. The number of benzene rings is 2. The summed E-state index contributed by atoms with van der Waals surface area (Å²) in [4.78, 5) is 12.2. The van der Waals surface area contributed by atoms with Gasteiger partial charge in [-0.15, -0.1) is 0 Å². The molecule has 0 bridgehead atoms. The number of carbonyl (C=O) groups is 1. The van der Waals surface area contributed by atoms with E-state index in [0.29, 0.717) is 18.1 Å². The fraction of sp³-hybridized carbons (Fsp3) is 0.421. The second kappa shape index (κ2) is 7.82. The first-order chi connectivity index (χ1) is 10.2. The van der Waals surface area contributed by atoms with Crippen molar-refractivity contribution < 1.29 is 9.53 Å². The molecule has 2 aromatic carbocycles. The van der Waals surface area contributed by atoms with Crippen molar-refractivity contribution in [2.75, 3.05) is 6.61 Å². The third-order valence-corrected chi connectivity index (χ3v) is 3.83. The molecule has 2 rings (SSSR count). The van der Waals surface area contributed by atoms with Crippen LogP contribution in [0.25, 0.3) is 10.8 Å². The summed E-state index contributed by atoms with van der Waals surface area (Å²) in [5.74, 6) is 0.280. The van der Waals surface area contributed by atoms with Gasteiger partial charge in [-0.05, 0) is 41.7 Å². The lowest BCUT2D eigenvalue weighted by Gasteiger charge is -2.15. The van der Waals surface area contributed by atoms with E-state index in [4.69, 9.17) is 4.74 Å². The Kier molecular flexibility index (Phi) is 5.79. The van der Waals surface area contributed by atoms with Gasteiger partial charge in [0.1, 0.15) is 0 Å². The monoisotopic (exact) mass is 284 g/mol. The molecular formula is C19H24O2. The molecular weight excluding hydrogens is 260 g/mol. The van der Waals surface area contributed by atoms with Crippen LogP contribution in [0.4, 0.5) is 0 Å². The van der Waals surface area contributed by atoms with Crippen LogP contribution in [0.3, 0.4) is 0 Å². The minimum atomic E-state index is -0.210. The highest BCUT2D eigenvalue weighted by atomic mass is 16.5. The fourth-order valence-electron chi connectivity index (χ4n) is 2.72. The van der Waals surface area contributed by atoms with Crippen molar-refractivity contribution in [3.05, 3.63) is 48.0 Å². The van der Waals surface area contributed by atoms with E-state index in [1.807, 2.05) is 42.5 Å². The van der Waals surface area contributed by atoms with Gasteiger partial charge in [0, 0.05) is 0 Å². The van der Waals surface area contributed by atoms with Crippen LogP contribution in [0.1, 0.15) is 49.9 Å². The van der Waals surface area contributed by atoms with Gasteiger partial charge in [-0.3, -0.25) is 0 Å². The minimum absolute atomic E-state index is 0.210. The van der Waals surface area contributed by atoms with Crippen LogP contribution < -0.4 is 0 Å². The molecule has 0 amide bonds. The van der Waals surface area contributed by atoms with Crippen LogP contribution in [0, 0.1) is 5.92 Å². The fourth-order valence-corrected chi connectivity index (χ4v) is 2.72. The lowest BCUT2D eigenvalue weighted by atomic mass is 9.99. The van der Waals surface area contributed by atoms with Gasteiger partial charge >= 0.3 is 5.97 Å². The zero-order chi connectivity index (χ0) is 15.1. The third kappa shape index (κ3) is 4.32. The second-order valence-electron chi connectivity index (χ2n) is 5.60. The highest BCUT2D eigenvalue weighted by molar-refractivity contribution is 5.95. The molecule has 2 nitrogen and oxygen atoms in total. The molecule has 2 heteroatoms. The zero-order valence-corrected chi connectivity index (χ0v) is 13.0. The van der Waals surface area contributed by atoms with Crippen LogP contribution in [-0.2, 0) is 4.74 Å². The topological polar surface area (TPSA) is 26.3 Å². The Bertz CT molecular complexity index is 583. The summed E-state index contributed by atoms with van der Waals surface area (Å²) in [6.07, 6.45) is 4.52. The molecule has 0 spiro atoms. The average molecular weight is 284 g/mol. The first kappa shape index (κ1) is 15.6. The van der Waals surface area contributed by atoms with E-state index in [1.54, 1.807) is 0 Å². The van der Waals surface area contributed by atoms with Crippen molar-refractivity contribution in [1.82, 2.24) is 0 Å². The maximum Gasteiger partial charge on any atom is 0.338 e. The van der Waals surface area contributed by atoms with E-state index in [2.05, 4.69) is 13.8 Å². The van der Waals surface area contributed by atoms with E-state index >= 15 is 0 Å². The molecule has 0 aliphatic rings. The molecule has 2 aromatic rings. The second-order valence-corrected chi connectivity index (χ2v) is 5.60. The Balaban J connectivity index is 2.01. The number of hydrogen-bond donors (Lipinski definition) is 0. The molecule has 0 N–H and O–H groups in total. The SMILES string of the molecule is CCCC(CCC)COC(=O)c1ccc2ccccc2c1. The summed E-state index contributed by atoms with van der Waals surface area (Å²) < 4.78 is 5.51. The van der Waals surface area contributed by atoms with Crippen molar-refractivity contribution in [3.8, 4) is 0 Å². The average Bonchev–Trinajstić information content (AvgIpc) is 2.52. The number of carbonyl (C=O) groups excluding carboxylic acids is 1. The maximum absolute atomic E-state index is 12.2. The van der Waals surface area contributed by atoms with Crippen molar-refractivity contribution in [2.24, 2.45) is 5.92 Å². The van der Waals surface area contributed by atoms with Crippen molar-refractivity contribution in [3.63, 3.8) is 0 Å². The van der Waals surface area contributed by atoms with Gasteiger partial charge in [-0.25, -0.2) is 4.79 Å². The van der Waals surface area contributed by atoms with E-state index in [0.717, 1.165) is 36.5 Å². The predicted molar refractivity (Wildman–Crippen MR) is 87.5 cm³/mol. The molecule has 0 heterocycles. The Labute approximate surface area is 127 Å². The van der Waals surface area contributed by atoms with Gasteiger partial charge in [-0.1, -0.05) is 57.0 Å². The predicted octanol–water partition coefficient (Wildman–Crippen LogP) is 5.21. The molecule has 0 aliphatic carbocycles. The van der Waals surface area contributed by atoms with Crippen molar-refractivity contribution in [2.45, 2.75) is 39.5 Å². The Morgan fingerprint density at radius 1 is 1.00 bits per heavy atom. The quantitative estimate of drug-likeness (QED) is 0.652. The normalized spacial score (nSPS) is 11.0. The number of fused-ring (bicyclic) bond motifs is 1. The lowest BCUT2D eigenvalue weighted by Crippen LogP contribution is -2.14. The Hall–Kier alpha value is -1.83. The third-order valence-electron chi connectivity index (χ3n) is 3.83. The molecule has 0 aromatic heterocycles. The van der Waals surface area contributed by atoms with Gasteiger partial charge < -0.3 is 4.74 Å². The Morgan fingerprint density at radius 3 is 2.33 bits per heavy atom. The number of esters is 1. The smallest absolute Gasteiger partial charge is 0.338 e. The molecule has 0 aliphatic heterocycles. The van der Waals surface area contributed by atoms with Crippen molar-refractivity contribution in [1.29, 1.82) is 0 Å². The number of hydrogen-bond acceptors (Lipinski definition) is 2. The van der Waals surface area contributed by atoms with E-state index in [1.165, 1.54) is 0 Å². The molecule has 0 atom stereocenters. The Morgan fingerprint density at radius 2 is 1.67 bits per heavy atom. The van der Waals surface area contributed by atoms with Gasteiger partial charge in [-0.2, -0.15) is 0 Å². The molecule has 0 unspecified atom stereocenters. The van der Waals surface area contributed by atoms with Crippen LogP contribution in [-0.4, -0.2) is 12.6 Å². The maximum atomic E-state index is 12.2. The molecule has 112 valence electrons. The standard InChI is InChI=1S/C19H24O2/c1-3-7-15(8-4-2)14-21-19(20)18-12-11-16-9-5-6-10-17(16)13-18/h5-6,9-13,15H,3-4,7-8,14H2,1-2H3. The summed E-state index contributed by atoms with van der Waals surface area (Å²) >= 11 is 0. The summed E-state index contributed by atoms with van der Waals surface area (Å²) in [7, 11) is 0. The number of rotatable bonds is 7. The van der Waals surface area contributed by atoms with Crippen LogP contribution in [0.2, 0.25) is 0 Å². The van der Waals surface area contributed by atoms with Gasteiger partial charge in [0.2, 0.25) is 0 Å². The first-order valence-electron chi connectivity index (χ1n) is 7.90. The summed E-state index contributed by atoms with van der Waals surface area (Å²) in [6.45, 7) is 4.88. The molecule has 0 saturated carbocycles. The van der Waals surface area contributed by atoms with E-state index < -0.39 is 0 Å². The van der Waals surface area contributed by atoms with E-state index in [9.17, 15) is 4.79 Å². The molecule has 21 heavy (non-hydrogen) atoms. The summed E-state index contributed by atoms with van der Waals surface area (Å²) in [6, 6.07) is 13.8. The summed E-state index contributed by atoms with van der Waals surface area (Å²) in [5, 5.41) is 2.22. The van der Waals surface area contributed by atoms with E-state index in [-0.39, 0.29) is 5.97 Å². The van der Waals surface area contributed by atoms with Gasteiger partial charge in [0.25, 0.3) is 0 Å². The zero-order valence-electron chi connectivity index (χ0n) is 13.0.